The first-order chi connectivity index (χ1) is 9.97. The van der Waals surface area contributed by atoms with E-state index in [1.807, 2.05) is 0 Å². The van der Waals surface area contributed by atoms with Gasteiger partial charge >= 0.3 is 5.97 Å². The monoisotopic (exact) mass is 299 g/mol. The highest BCUT2D eigenvalue weighted by Gasteiger charge is 2.39. The van der Waals surface area contributed by atoms with Gasteiger partial charge in [0.05, 0.1) is 13.2 Å². The van der Waals surface area contributed by atoms with Crippen molar-refractivity contribution in [2.75, 3.05) is 20.3 Å². The van der Waals surface area contributed by atoms with Crippen molar-refractivity contribution in [2.45, 2.75) is 31.4 Å². The fraction of sp³-hybridized carbons (Fsp3) is 0.533. The second kappa shape index (κ2) is 6.49. The number of benzene rings is 1. The zero-order valence-electron chi connectivity index (χ0n) is 12.1. The lowest BCUT2D eigenvalue weighted by molar-refractivity contribution is -0.148. The van der Waals surface area contributed by atoms with Gasteiger partial charge in [0.2, 0.25) is 0 Å². The third kappa shape index (κ3) is 3.39. The molecule has 0 bridgehead atoms. The van der Waals surface area contributed by atoms with Crippen molar-refractivity contribution in [2.24, 2.45) is 0 Å². The van der Waals surface area contributed by atoms with Crippen LogP contribution in [-0.4, -0.2) is 32.3 Å². The Labute approximate surface area is 122 Å². The molecule has 0 aromatic heterocycles. The lowest BCUT2D eigenvalue weighted by atomic mass is 9.91. The highest BCUT2D eigenvalue weighted by Crippen LogP contribution is 2.26. The summed E-state index contributed by atoms with van der Waals surface area (Å²) in [4.78, 5) is 12.1. The minimum atomic E-state index is -1.39. The zero-order chi connectivity index (χ0) is 15.5. The molecule has 2 rings (SSSR count). The molecule has 1 fully saturated rings. The van der Waals surface area contributed by atoms with Crippen LogP contribution in [0.4, 0.5) is 8.78 Å². The topological polar surface area (TPSA) is 47.6 Å². The van der Waals surface area contributed by atoms with E-state index in [2.05, 4.69) is 5.32 Å². The summed E-state index contributed by atoms with van der Waals surface area (Å²) in [5.74, 6) is -2.11. The number of rotatable bonds is 5. The summed E-state index contributed by atoms with van der Waals surface area (Å²) >= 11 is 0. The molecule has 1 N–H and O–H groups in total. The summed E-state index contributed by atoms with van der Waals surface area (Å²) in [6, 6.07) is 3.13. The Balaban J connectivity index is 2.24. The van der Waals surface area contributed by atoms with Gasteiger partial charge in [0.1, 0.15) is 17.2 Å². The van der Waals surface area contributed by atoms with Crippen molar-refractivity contribution in [3.8, 4) is 0 Å². The molecular formula is C15H19F2NO3. The Morgan fingerprint density at radius 1 is 1.52 bits per heavy atom. The number of nitrogens with one attached hydrogen (secondary N) is 1. The summed E-state index contributed by atoms with van der Waals surface area (Å²) < 4.78 is 37.3. The normalized spacial score (nSPS) is 21.0. The average molecular weight is 299 g/mol. The Hall–Kier alpha value is -1.53. The molecule has 0 amide bonds. The van der Waals surface area contributed by atoms with Crippen LogP contribution in [0.2, 0.25) is 0 Å². The molecule has 1 aliphatic heterocycles. The van der Waals surface area contributed by atoms with Gasteiger partial charge in [-0.25, -0.2) is 13.6 Å². The van der Waals surface area contributed by atoms with Crippen molar-refractivity contribution in [3.05, 3.63) is 35.4 Å². The summed E-state index contributed by atoms with van der Waals surface area (Å²) in [5, 5.41) is 3.00. The highest BCUT2D eigenvalue weighted by atomic mass is 19.1. The fourth-order valence-corrected chi connectivity index (χ4v) is 2.50. The van der Waals surface area contributed by atoms with Gasteiger partial charge in [-0.05, 0) is 25.8 Å². The molecule has 0 aliphatic carbocycles. The van der Waals surface area contributed by atoms with Crippen LogP contribution in [0.1, 0.15) is 25.3 Å². The zero-order valence-corrected chi connectivity index (χ0v) is 12.1. The standard InChI is InChI=1S/C15H19F2NO3/c1-15(14(19)20-2,18-9-11-4-3-7-21-11)12-6-5-10(16)8-13(12)17/h5-6,8,11,18H,3-4,7,9H2,1-2H3. The molecule has 1 aliphatic rings. The summed E-state index contributed by atoms with van der Waals surface area (Å²) in [7, 11) is 1.23. The van der Waals surface area contributed by atoms with E-state index in [1.165, 1.54) is 20.1 Å². The molecule has 4 nitrogen and oxygen atoms in total. The highest BCUT2D eigenvalue weighted by molar-refractivity contribution is 5.82. The molecule has 1 aromatic rings. The molecule has 0 spiro atoms. The van der Waals surface area contributed by atoms with Gasteiger partial charge in [0.25, 0.3) is 0 Å². The Morgan fingerprint density at radius 2 is 2.29 bits per heavy atom. The van der Waals surface area contributed by atoms with E-state index in [1.54, 1.807) is 0 Å². The molecule has 116 valence electrons. The van der Waals surface area contributed by atoms with Crippen LogP contribution in [0.25, 0.3) is 0 Å². The second-order valence-corrected chi connectivity index (χ2v) is 5.26. The Morgan fingerprint density at radius 3 is 2.86 bits per heavy atom. The van der Waals surface area contributed by atoms with Gasteiger partial charge in [0.15, 0.2) is 0 Å². The maximum atomic E-state index is 14.0. The van der Waals surface area contributed by atoms with Crippen molar-refractivity contribution < 1.29 is 23.0 Å². The minimum Gasteiger partial charge on any atom is -0.467 e. The van der Waals surface area contributed by atoms with E-state index in [4.69, 9.17) is 9.47 Å². The first-order valence-electron chi connectivity index (χ1n) is 6.88. The molecule has 21 heavy (non-hydrogen) atoms. The molecule has 1 aromatic carbocycles. The molecule has 1 saturated heterocycles. The Kier molecular flexibility index (Phi) is 4.90. The predicted molar refractivity (Wildman–Crippen MR) is 72.7 cm³/mol. The lowest BCUT2D eigenvalue weighted by Gasteiger charge is -2.30. The number of methoxy groups -OCH3 is 1. The molecule has 6 heteroatoms. The van der Waals surface area contributed by atoms with Crippen molar-refractivity contribution in [3.63, 3.8) is 0 Å². The van der Waals surface area contributed by atoms with E-state index < -0.39 is 23.1 Å². The molecule has 1 heterocycles. The molecule has 0 saturated carbocycles. The first kappa shape index (κ1) is 15.9. The van der Waals surface area contributed by atoms with E-state index in [-0.39, 0.29) is 11.7 Å². The van der Waals surface area contributed by atoms with Gasteiger partial charge in [-0.15, -0.1) is 0 Å². The molecular weight excluding hydrogens is 280 g/mol. The first-order valence-corrected chi connectivity index (χ1v) is 6.88. The third-order valence-corrected chi connectivity index (χ3v) is 3.77. The van der Waals surface area contributed by atoms with Crippen LogP contribution in [0.15, 0.2) is 18.2 Å². The summed E-state index contributed by atoms with van der Waals surface area (Å²) in [5.41, 5.74) is -1.34. The molecule has 2 unspecified atom stereocenters. The molecule has 2 atom stereocenters. The van der Waals surface area contributed by atoms with E-state index in [0.29, 0.717) is 13.2 Å². The van der Waals surface area contributed by atoms with Gasteiger partial charge < -0.3 is 9.47 Å². The summed E-state index contributed by atoms with van der Waals surface area (Å²) in [6.45, 7) is 2.60. The number of hydrogen-bond donors (Lipinski definition) is 1. The number of halogens is 2. The summed E-state index contributed by atoms with van der Waals surface area (Å²) in [6.07, 6.45) is 1.83. The number of ether oxygens (including phenoxy) is 2. The number of carbonyl (C=O) groups is 1. The third-order valence-electron chi connectivity index (χ3n) is 3.77. The van der Waals surface area contributed by atoms with Crippen LogP contribution in [0.5, 0.6) is 0 Å². The van der Waals surface area contributed by atoms with Crippen LogP contribution in [0.3, 0.4) is 0 Å². The van der Waals surface area contributed by atoms with Gasteiger partial charge in [0, 0.05) is 24.8 Å². The van der Waals surface area contributed by atoms with Gasteiger partial charge in [-0.3, -0.25) is 5.32 Å². The van der Waals surface area contributed by atoms with Crippen LogP contribution < -0.4 is 5.32 Å². The smallest absolute Gasteiger partial charge is 0.330 e. The van der Waals surface area contributed by atoms with Gasteiger partial charge in [-0.1, -0.05) is 6.07 Å². The average Bonchev–Trinajstić information content (AvgIpc) is 2.97. The van der Waals surface area contributed by atoms with Crippen LogP contribution >= 0.6 is 0 Å². The maximum Gasteiger partial charge on any atom is 0.330 e. The number of carbonyl (C=O) groups excluding carboxylic acids is 1. The van der Waals surface area contributed by atoms with Crippen LogP contribution in [0, 0.1) is 11.6 Å². The SMILES string of the molecule is COC(=O)C(C)(NCC1CCCO1)c1ccc(F)cc1F. The van der Waals surface area contributed by atoms with Crippen molar-refractivity contribution >= 4 is 5.97 Å². The number of hydrogen-bond acceptors (Lipinski definition) is 4. The minimum absolute atomic E-state index is 0.0162. The largest absolute Gasteiger partial charge is 0.467 e. The lowest BCUT2D eigenvalue weighted by Crippen LogP contribution is -2.50. The van der Waals surface area contributed by atoms with Crippen LogP contribution in [-0.2, 0) is 19.8 Å². The maximum absolute atomic E-state index is 14.0. The number of esters is 1. The quantitative estimate of drug-likeness (QED) is 0.846. The Bertz CT molecular complexity index is 518. The molecule has 0 radical (unpaired) electrons. The second-order valence-electron chi connectivity index (χ2n) is 5.26. The van der Waals surface area contributed by atoms with Crippen molar-refractivity contribution in [1.29, 1.82) is 0 Å². The van der Waals surface area contributed by atoms with E-state index in [9.17, 15) is 13.6 Å². The van der Waals surface area contributed by atoms with E-state index >= 15 is 0 Å². The predicted octanol–water partition coefficient (Wildman–Crippen LogP) is 2.12. The fourth-order valence-electron chi connectivity index (χ4n) is 2.50. The van der Waals surface area contributed by atoms with Crippen molar-refractivity contribution in [1.82, 2.24) is 5.32 Å². The van der Waals surface area contributed by atoms with Gasteiger partial charge in [-0.2, -0.15) is 0 Å². The van der Waals surface area contributed by atoms with E-state index in [0.717, 1.165) is 25.0 Å².